The molecule has 0 radical (unpaired) electrons. The van der Waals surface area contributed by atoms with E-state index in [2.05, 4.69) is 34.4 Å². The second-order valence-corrected chi connectivity index (χ2v) is 4.04. The maximum Gasteiger partial charge on any atom is 0.0346 e. The van der Waals surface area contributed by atoms with E-state index in [1.807, 2.05) is 18.5 Å². The van der Waals surface area contributed by atoms with Crippen molar-refractivity contribution in [3.63, 3.8) is 0 Å². The van der Waals surface area contributed by atoms with Crippen LogP contribution in [0, 0.1) is 12.3 Å². The Morgan fingerprint density at radius 2 is 2.18 bits per heavy atom. The van der Waals surface area contributed by atoms with E-state index in [0.29, 0.717) is 0 Å². The second kappa shape index (κ2) is 6.03. The molecule has 2 rings (SSSR count). The second-order valence-electron chi connectivity index (χ2n) is 4.04. The number of hydrogen-bond acceptors (Lipinski definition) is 2. The van der Waals surface area contributed by atoms with Gasteiger partial charge in [-0.25, -0.2) is 0 Å². The topological polar surface area (TPSA) is 24.9 Å². The number of pyridine rings is 1. The number of unbranched alkanes of at least 4 members (excludes halogenated alkanes) is 1. The minimum Gasteiger partial charge on any atom is -0.313 e. The molecule has 0 amide bonds. The minimum atomic E-state index is 0.844. The van der Waals surface area contributed by atoms with Crippen molar-refractivity contribution in [3.05, 3.63) is 42.2 Å². The van der Waals surface area contributed by atoms with Gasteiger partial charge in [0.05, 0.1) is 0 Å². The molecule has 0 spiro atoms. The molecule has 1 heterocycles. The van der Waals surface area contributed by atoms with E-state index in [-0.39, 0.29) is 0 Å². The summed E-state index contributed by atoms with van der Waals surface area (Å²) in [5.74, 6) is 2.64. The van der Waals surface area contributed by atoms with Crippen LogP contribution in [-0.4, -0.2) is 11.5 Å². The quantitative estimate of drug-likeness (QED) is 0.624. The van der Waals surface area contributed by atoms with Crippen molar-refractivity contribution < 1.29 is 0 Å². The molecule has 0 fully saturated rings. The van der Waals surface area contributed by atoms with Gasteiger partial charge in [0, 0.05) is 30.7 Å². The van der Waals surface area contributed by atoms with Gasteiger partial charge < -0.3 is 5.32 Å². The Bertz CT molecular complexity index is 526. The predicted octanol–water partition coefficient (Wildman–Crippen LogP) is 2.74. The van der Waals surface area contributed by atoms with Crippen LogP contribution in [0.4, 0.5) is 0 Å². The molecule has 0 atom stereocenters. The summed E-state index contributed by atoms with van der Waals surface area (Å²) in [7, 11) is 0. The molecule has 86 valence electrons. The molecule has 0 unspecified atom stereocenters. The predicted molar refractivity (Wildman–Crippen MR) is 71.5 cm³/mol. The minimum absolute atomic E-state index is 0.844. The van der Waals surface area contributed by atoms with Gasteiger partial charge in [-0.3, -0.25) is 4.98 Å². The lowest BCUT2D eigenvalue weighted by molar-refractivity contribution is 0.659. The smallest absolute Gasteiger partial charge is 0.0346 e. The average Bonchev–Trinajstić information content (AvgIpc) is 2.38. The number of nitrogens with one attached hydrogen (secondary N) is 1. The zero-order valence-electron chi connectivity index (χ0n) is 9.82. The van der Waals surface area contributed by atoms with Gasteiger partial charge in [0.2, 0.25) is 0 Å². The molecule has 17 heavy (non-hydrogen) atoms. The third kappa shape index (κ3) is 3.30. The van der Waals surface area contributed by atoms with Crippen LogP contribution in [0.15, 0.2) is 36.7 Å². The summed E-state index contributed by atoms with van der Waals surface area (Å²) in [6, 6.07) is 8.49. The highest BCUT2D eigenvalue weighted by Crippen LogP contribution is 2.14. The van der Waals surface area contributed by atoms with Crippen molar-refractivity contribution in [1.29, 1.82) is 0 Å². The molecule has 0 aliphatic carbocycles. The van der Waals surface area contributed by atoms with E-state index < -0.39 is 0 Å². The standard InChI is InChI=1S/C15H16N2/c1-2-3-4-8-16-11-13-5-6-15-12-17-9-7-14(15)10-13/h1,5-7,9-10,12,16H,3-4,8,11H2. The number of terminal acetylenes is 1. The summed E-state index contributed by atoms with van der Waals surface area (Å²) in [5, 5.41) is 5.81. The normalized spacial score (nSPS) is 10.3. The molecule has 0 aliphatic rings. The molecule has 1 aromatic carbocycles. The first-order valence-corrected chi connectivity index (χ1v) is 5.87. The first-order chi connectivity index (χ1) is 8.40. The fourth-order valence-corrected chi connectivity index (χ4v) is 1.79. The fourth-order valence-electron chi connectivity index (χ4n) is 1.79. The summed E-state index contributed by atoms with van der Waals surface area (Å²) in [5.41, 5.74) is 1.30. The number of nitrogens with zero attached hydrogens (tertiary/aromatic N) is 1. The maximum absolute atomic E-state index is 5.20. The highest BCUT2D eigenvalue weighted by atomic mass is 14.8. The molecule has 2 aromatic rings. The molecule has 2 heteroatoms. The Morgan fingerprint density at radius 1 is 1.24 bits per heavy atom. The average molecular weight is 224 g/mol. The Hall–Kier alpha value is -1.85. The lowest BCUT2D eigenvalue weighted by atomic mass is 10.1. The van der Waals surface area contributed by atoms with Crippen LogP contribution in [0.2, 0.25) is 0 Å². The Kier molecular flexibility index (Phi) is 4.12. The van der Waals surface area contributed by atoms with E-state index >= 15 is 0 Å². The van der Waals surface area contributed by atoms with Crippen LogP contribution >= 0.6 is 0 Å². The molecule has 0 saturated carbocycles. The fraction of sp³-hybridized carbons (Fsp3) is 0.267. The number of aromatic nitrogens is 1. The molecule has 1 aromatic heterocycles. The van der Waals surface area contributed by atoms with Gasteiger partial charge in [-0.05, 0) is 36.0 Å². The maximum atomic E-state index is 5.20. The number of fused-ring (bicyclic) bond motifs is 1. The summed E-state index contributed by atoms with van der Waals surface area (Å²) < 4.78 is 0. The van der Waals surface area contributed by atoms with E-state index in [1.165, 1.54) is 16.3 Å². The Morgan fingerprint density at radius 3 is 3.06 bits per heavy atom. The lowest BCUT2D eigenvalue weighted by Gasteiger charge is -2.05. The lowest BCUT2D eigenvalue weighted by Crippen LogP contribution is -2.14. The van der Waals surface area contributed by atoms with Gasteiger partial charge in [-0.15, -0.1) is 12.3 Å². The monoisotopic (exact) mass is 224 g/mol. The highest BCUT2D eigenvalue weighted by molar-refractivity contribution is 5.81. The largest absolute Gasteiger partial charge is 0.313 e. The first-order valence-electron chi connectivity index (χ1n) is 5.87. The van der Waals surface area contributed by atoms with Crippen molar-refractivity contribution in [3.8, 4) is 12.3 Å². The third-order valence-electron chi connectivity index (χ3n) is 2.71. The summed E-state index contributed by atoms with van der Waals surface area (Å²) in [6.45, 7) is 1.86. The summed E-state index contributed by atoms with van der Waals surface area (Å²) >= 11 is 0. The molecular formula is C15H16N2. The van der Waals surface area contributed by atoms with Crippen LogP contribution in [-0.2, 0) is 6.54 Å². The number of benzene rings is 1. The van der Waals surface area contributed by atoms with Crippen molar-refractivity contribution in [2.24, 2.45) is 0 Å². The van der Waals surface area contributed by atoms with Crippen molar-refractivity contribution in [2.45, 2.75) is 19.4 Å². The van der Waals surface area contributed by atoms with Crippen molar-refractivity contribution >= 4 is 10.8 Å². The van der Waals surface area contributed by atoms with Crippen LogP contribution in [0.3, 0.4) is 0 Å². The van der Waals surface area contributed by atoms with Gasteiger partial charge in [0.25, 0.3) is 0 Å². The zero-order valence-corrected chi connectivity index (χ0v) is 9.82. The molecule has 0 aliphatic heterocycles. The van der Waals surface area contributed by atoms with Gasteiger partial charge in [0.1, 0.15) is 0 Å². The summed E-state index contributed by atoms with van der Waals surface area (Å²) in [4.78, 5) is 4.10. The summed E-state index contributed by atoms with van der Waals surface area (Å²) in [6.07, 6.45) is 10.8. The van der Waals surface area contributed by atoms with E-state index in [0.717, 1.165) is 25.9 Å². The van der Waals surface area contributed by atoms with Crippen LogP contribution in [0.5, 0.6) is 0 Å². The highest BCUT2D eigenvalue weighted by Gasteiger charge is 1.96. The first kappa shape index (κ1) is 11.6. The SMILES string of the molecule is C#CCCCNCc1ccc2cnccc2c1. The third-order valence-corrected chi connectivity index (χ3v) is 2.71. The molecular weight excluding hydrogens is 208 g/mol. The van der Waals surface area contributed by atoms with Gasteiger partial charge >= 0.3 is 0 Å². The van der Waals surface area contributed by atoms with Gasteiger partial charge in [0.15, 0.2) is 0 Å². The number of rotatable bonds is 5. The zero-order chi connectivity index (χ0) is 11.9. The van der Waals surface area contributed by atoms with Crippen LogP contribution in [0.1, 0.15) is 18.4 Å². The molecule has 0 saturated heterocycles. The molecule has 0 bridgehead atoms. The van der Waals surface area contributed by atoms with E-state index in [1.54, 1.807) is 0 Å². The number of hydrogen-bond donors (Lipinski definition) is 1. The van der Waals surface area contributed by atoms with Crippen LogP contribution < -0.4 is 5.32 Å². The Balaban J connectivity index is 1.93. The van der Waals surface area contributed by atoms with Gasteiger partial charge in [-0.2, -0.15) is 0 Å². The van der Waals surface area contributed by atoms with E-state index in [4.69, 9.17) is 6.42 Å². The van der Waals surface area contributed by atoms with Crippen molar-refractivity contribution in [1.82, 2.24) is 10.3 Å². The molecule has 1 N–H and O–H groups in total. The molecule has 2 nitrogen and oxygen atoms in total. The van der Waals surface area contributed by atoms with Gasteiger partial charge in [-0.1, -0.05) is 12.1 Å². The van der Waals surface area contributed by atoms with Crippen LogP contribution in [0.25, 0.3) is 10.8 Å². The van der Waals surface area contributed by atoms with E-state index in [9.17, 15) is 0 Å². The van der Waals surface area contributed by atoms with Crippen molar-refractivity contribution in [2.75, 3.05) is 6.54 Å². The Labute approximate surface area is 102 Å².